The standard InChI is InChI=1S/C18H27N3O/c1-3-12-20-18(19-4-2)21-14-16-11-8-13-22-17(16)15-9-6-5-7-10-15/h3,5-7,9-10,16-17H,1,4,8,11-14H2,2H3,(H2,19,20,21). The largest absolute Gasteiger partial charge is 0.373 e. The highest BCUT2D eigenvalue weighted by molar-refractivity contribution is 5.79. The van der Waals surface area contributed by atoms with Crippen LogP contribution in [0.5, 0.6) is 0 Å². The highest BCUT2D eigenvalue weighted by Gasteiger charge is 2.27. The fourth-order valence-corrected chi connectivity index (χ4v) is 2.76. The van der Waals surface area contributed by atoms with E-state index in [0.29, 0.717) is 5.92 Å². The third kappa shape index (κ3) is 4.88. The SMILES string of the molecule is C=CCNC(=NCC1CCCOC1c1ccccc1)NCC. The molecule has 0 amide bonds. The van der Waals surface area contributed by atoms with Crippen molar-refractivity contribution in [3.05, 3.63) is 48.6 Å². The summed E-state index contributed by atoms with van der Waals surface area (Å²) in [5.41, 5.74) is 1.26. The number of nitrogens with zero attached hydrogens (tertiary/aromatic N) is 1. The van der Waals surface area contributed by atoms with Gasteiger partial charge in [0.25, 0.3) is 0 Å². The second-order valence-electron chi connectivity index (χ2n) is 5.49. The number of benzene rings is 1. The Hall–Kier alpha value is -1.81. The maximum Gasteiger partial charge on any atom is 0.191 e. The molecular weight excluding hydrogens is 274 g/mol. The van der Waals surface area contributed by atoms with E-state index in [1.807, 2.05) is 12.1 Å². The molecule has 0 aromatic heterocycles. The maximum absolute atomic E-state index is 6.02. The van der Waals surface area contributed by atoms with Crippen molar-refractivity contribution in [2.24, 2.45) is 10.9 Å². The van der Waals surface area contributed by atoms with Gasteiger partial charge in [0.1, 0.15) is 0 Å². The smallest absolute Gasteiger partial charge is 0.191 e. The molecule has 2 atom stereocenters. The quantitative estimate of drug-likeness (QED) is 0.482. The van der Waals surface area contributed by atoms with Gasteiger partial charge in [-0.3, -0.25) is 4.99 Å². The van der Waals surface area contributed by atoms with Crippen LogP contribution in [-0.2, 0) is 4.74 Å². The second kappa shape index (κ2) is 9.26. The van der Waals surface area contributed by atoms with E-state index in [9.17, 15) is 0 Å². The van der Waals surface area contributed by atoms with E-state index in [-0.39, 0.29) is 6.10 Å². The minimum absolute atomic E-state index is 0.154. The van der Waals surface area contributed by atoms with Gasteiger partial charge in [-0.05, 0) is 25.3 Å². The van der Waals surface area contributed by atoms with Gasteiger partial charge in [0, 0.05) is 32.2 Å². The van der Waals surface area contributed by atoms with E-state index in [2.05, 4.69) is 48.4 Å². The van der Waals surface area contributed by atoms with Crippen molar-refractivity contribution >= 4 is 5.96 Å². The lowest BCUT2D eigenvalue weighted by molar-refractivity contribution is -0.0250. The topological polar surface area (TPSA) is 45.7 Å². The van der Waals surface area contributed by atoms with Crippen molar-refractivity contribution in [2.45, 2.75) is 25.9 Å². The zero-order valence-corrected chi connectivity index (χ0v) is 13.4. The summed E-state index contributed by atoms with van der Waals surface area (Å²) >= 11 is 0. The van der Waals surface area contributed by atoms with Crippen molar-refractivity contribution in [2.75, 3.05) is 26.2 Å². The maximum atomic E-state index is 6.02. The lowest BCUT2D eigenvalue weighted by Crippen LogP contribution is -2.38. The van der Waals surface area contributed by atoms with Crippen LogP contribution in [0.4, 0.5) is 0 Å². The molecule has 2 N–H and O–H groups in total. The fraction of sp³-hybridized carbons (Fsp3) is 0.500. The summed E-state index contributed by atoms with van der Waals surface area (Å²) in [6, 6.07) is 10.5. The molecule has 1 aliphatic heterocycles. The van der Waals surface area contributed by atoms with Crippen LogP contribution in [0, 0.1) is 5.92 Å². The number of guanidine groups is 1. The average molecular weight is 301 g/mol. The summed E-state index contributed by atoms with van der Waals surface area (Å²) < 4.78 is 6.02. The molecule has 1 heterocycles. The van der Waals surface area contributed by atoms with E-state index in [0.717, 1.165) is 45.0 Å². The van der Waals surface area contributed by atoms with Crippen LogP contribution in [-0.4, -0.2) is 32.2 Å². The molecule has 0 radical (unpaired) electrons. The highest BCUT2D eigenvalue weighted by atomic mass is 16.5. The van der Waals surface area contributed by atoms with Crippen LogP contribution in [0.25, 0.3) is 0 Å². The molecule has 1 aromatic rings. The molecule has 1 fully saturated rings. The number of hydrogen-bond donors (Lipinski definition) is 2. The fourth-order valence-electron chi connectivity index (χ4n) is 2.76. The molecule has 4 nitrogen and oxygen atoms in total. The van der Waals surface area contributed by atoms with E-state index < -0.39 is 0 Å². The summed E-state index contributed by atoms with van der Waals surface area (Å²) in [4.78, 5) is 4.72. The van der Waals surface area contributed by atoms with Crippen LogP contribution >= 0.6 is 0 Å². The van der Waals surface area contributed by atoms with Crippen LogP contribution in [0.1, 0.15) is 31.4 Å². The molecular formula is C18H27N3O. The first-order chi connectivity index (χ1) is 10.8. The molecule has 1 saturated heterocycles. The molecule has 22 heavy (non-hydrogen) atoms. The average Bonchev–Trinajstić information content (AvgIpc) is 2.58. The van der Waals surface area contributed by atoms with Crippen molar-refractivity contribution in [3.63, 3.8) is 0 Å². The third-order valence-corrected chi connectivity index (χ3v) is 3.81. The molecule has 0 spiro atoms. The Morgan fingerprint density at radius 1 is 1.36 bits per heavy atom. The lowest BCUT2D eigenvalue weighted by atomic mass is 9.89. The number of rotatable bonds is 6. The van der Waals surface area contributed by atoms with Gasteiger partial charge in [0.2, 0.25) is 0 Å². The van der Waals surface area contributed by atoms with Crippen LogP contribution in [0.2, 0.25) is 0 Å². The van der Waals surface area contributed by atoms with Crippen molar-refractivity contribution in [3.8, 4) is 0 Å². The lowest BCUT2D eigenvalue weighted by Gasteiger charge is -2.31. The number of ether oxygens (including phenoxy) is 1. The van der Waals surface area contributed by atoms with Gasteiger partial charge < -0.3 is 15.4 Å². The molecule has 4 heteroatoms. The Balaban J connectivity index is 2.02. The van der Waals surface area contributed by atoms with Crippen molar-refractivity contribution in [1.29, 1.82) is 0 Å². The van der Waals surface area contributed by atoms with Crippen LogP contribution in [0.3, 0.4) is 0 Å². The van der Waals surface area contributed by atoms with E-state index in [1.54, 1.807) is 0 Å². The summed E-state index contributed by atoms with van der Waals surface area (Å²) in [5, 5.41) is 6.51. The Morgan fingerprint density at radius 3 is 2.91 bits per heavy atom. The third-order valence-electron chi connectivity index (χ3n) is 3.81. The monoisotopic (exact) mass is 301 g/mol. The van der Waals surface area contributed by atoms with Gasteiger partial charge in [0.05, 0.1) is 6.10 Å². The molecule has 2 unspecified atom stereocenters. The van der Waals surface area contributed by atoms with Gasteiger partial charge in [-0.15, -0.1) is 6.58 Å². The van der Waals surface area contributed by atoms with Crippen LogP contribution in [0.15, 0.2) is 48.0 Å². The van der Waals surface area contributed by atoms with Crippen molar-refractivity contribution in [1.82, 2.24) is 10.6 Å². The van der Waals surface area contributed by atoms with Gasteiger partial charge >= 0.3 is 0 Å². The van der Waals surface area contributed by atoms with Crippen LogP contribution < -0.4 is 10.6 Å². The summed E-state index contributed by atoms with van der Waals surface area (Å²) in [6.07, 6.45) is 4.26. The first-order valence-electron chi connectivity index (χ1n) is 8.14. The minimum atomic E-state index is 0.154. The zero-order valence-electron chi connectivity index (χ0n) is 13.4. The molecule has 1 aromatic carbocycles. The molecule has 120 valence electrons. The Kier molecular flexibility index (Phi) is 6.97. The molecule has 1 aliphatic rings. The molecule has 0 bridgehead atoms. The summed E-state index contributed by atoms with van der Waals surface area (Å²) in [5.74, 6) is 1.27. The van der Waals surface area contributed by atoms with E-state index in [4.69, 9.17) is 9.73 Å². The van der Waals surface area contributed by atoms with E-state index in [1.165, 1.54) is 5.56 Å². The Morgan fingerprint density at radius 2 is 2.18 bits per heavy atom. The van der Waals surface area contributed by atoms with E-state index >= 15 is 0 Å². The van der Waals surface area contributed by atoms with Gasteiger partial charge in [-0.25, -0.2) is 0 Å². The normalized spacial score (nSPS) is 22.1. The Bertz CT molecular complexity index is 472. The van der Waals surface area contributed by atoms with Crippen molar-refractivity contribution < 1.29 is 4.74 Å². The minimum Gasteiger partial charge on any atom is -0.373 e. The van der Waals surface area contributed by atoms with Gasteiger partial charge in [-0.2, -0.15) is 0 Å². The predicted octanol–water partition coefficient (Wildman–Crippen LogP) is 2.90. The van der Waals surface area contributed by atoms with Gasteiger partial charge in [-0.1, -0.05) is 36.4 Å². The molecule has 0 aliphatic carbocycles. The first kappa shape index (κ1) is 16.6. The number of aliphatic imine (C=N–C) groups is 1. The Labute approximate surface area is 133 Å². The summed E-state index contributed by atoms with van der Waals surface area (Å²) in [7, 11) is 0. The number of hydrogen-bond acceptors (Lipinski definition) is 2. The van der Waals surface area contributed by atoms with Gasteiger partial charge in [0.15, 0.2) is 5.96 Å². The summed E-state index contributed by atoms with van der Waals surface area (Å²) in [6.45, 7) is 8.98. The predicted molar refractivity (Wildman–Crippen MR) is 92.0 cm³/mol. The zero-order chi connectivity index (χ0) is 15.6. The second-order valence-corrected chi connectivity index (χ2v) is 5.49. The number of nitrogens with one attached hydrogen (secondary N) is 2. The highest BCUT2D eigenvalue weighted by Crippen LogP contribution is 2.33. The molecule has 0 saturated carbocycles. The molecule has 2 rings (SSSR count). The first-order valence-corrected chi connectivity index (χ1v) is 8.14.